The summed E-state index contributed by atoms with van der Waals surface area (Å²) in [7, 11) is 0. The smallest absolute Gasteiger partial charge is 0.246 e. The first-order valence-corrected chi connectivity index (χ1v) is 18.4. The molecule has 0 saturated carbocycles. The predicted molar refractivity (Wildman–Crippen MR) is 224 cm³/mol. The molecule has 53 heavy (non-hydrogen) atoms. The van der Waals surface area contributed by atoms with Crippen LogP contribution >= 0.6 is 0 Å². The number of benzene rings is 8. The third-order valence-electron chi connectivity index (χ3n) is 11.7. The van der Waals surface area contributed by atoms with Crippen LogP contribution in [-0.4, -0.2) is 13.4 Å². The van der Waals surface area contributed by atoms with Crippen LogP contribution in [0.25, 0.3) is 33.1 Å². The topological polar surface area (TPSA) is 19.6 Å². The Hall–Kier alpha value is -6.71. The Morgan fingerprint density at radius 2 is 0.962 bits per heavy atom. The summed E-state index contributed by atoms with van der Waals surface area (Å²) >= 11 is 0. The average Bonchev–Trinajstić information content (AvgIpc) is 3.61. The molecule has 0 N–H and O–H groups in total. The molecule has 0 saturated heterocycles. The molecular weight excluding hydrogens is 642 g/mol. The van der Waals surface area contributed by atoms with E-state index in [2.05, 4.69) is 186 Å². The molecule has 3 aliphatic rings. The molecule has 4 heterocycles. The Morgan fingerprint density at radius 1 is 0.396 bits per heavy atom. The van der Waals surface area contributed by atoms with Gasteiger partial charge in [-0.15, -0.1) is 0 Å². The van der Waals surface area contributed by atoms with Crippen LogP contribution in [-0.2, 0) is 0 Å². The Morgan fingerprint density at radius 3 is 1.70 bits per heavy atom. The Balaban J connectivity index is 1.23. The molecule has 3 aliphatic heterocycles. The summed E-state index contributed by atoms with van der Waals surface area (Å²) in [4.78, 5) is 5.11. The van der Waals surface area contributed by atoms with E-state index in [0.29, 0.717) is 0 Å². The second-order valence-electron chi connectivity index (χ2n) is 14.4. The minimum absolute atomic E-state index is 0.0202. The monoisotopic (exact) mass is 672 g/mol. The third-order valence-corrected chi connectivity index (χ3v) is 11.7. The molecule has 8 aromatic carbocycles. The van der Waals surface area contributed by atoms with E-state index in [0.717, 1.165) is 38.8 Å². The minimum Gasteiger partial charge on any atom is -0.455 e. The summed E-state index contributed by atoms with van der Waals surface area (Å²) in [5, 5.41) is 2.28. The number of fused-ring (bicyclic) bond motifs is 3. The quantitative estimate of drug-likeness (QED) is 0.176. The SMILES string of the molecule is c1ccc(B2c3cccc4c3N3c5c2cccc5N(c2ccccc2)c2cc(-c5cccc6c5oc5ccccc56)cc(c23)B4c2ccccc2)cc1. The van der Waals surface area contributed by atoms with Crippen LogP contribution in [0, 0.1) is 0 Å². The van der Waals surface area contributed by atoms with Crippen molar-refractivity contribution >= 4 is 102 Å². The lowest BCUT2D eigenvalue weighted by Gasteiger charge is -2.50. The molecule has 0 amide bonds. The largest absolute Gasteiger partial charge is 0.455 e. The highest BCUT2D eigenvalue weighted by Crippen LogP contribution is 2.55. The van der Waals surface area contributed by atoms with Gasteiger partial charge in [-0.3, -0.25) is 0 Å². The van der Waals surface area contributed by atoms with Gasteiger partial charge in [0.2, 0.25) is 13.4 Å². The van der Waals surface area contributed by atoms with Crippen LogP contribution in [0.3, 0.4) is 0 Å². The van der Waals surface area contributed by atoms with E-state index in [4.69, 9.17) is 4.42 Å². The Labute approximate surface area is 308 Å². The van der Waals surface area contributed by atoms with Crippen LogP contribution in [0.15, 0.2) is 186 Å². The number of nitrogens with zero attached hydrogens (tertiary/aromatic N) is 2. The molecule has 9 aromatic rings. The van der Waals surface area contributed by atoms with Gasteiger partial charge in [-0.25, -0.2) is 0 Å². The fraction of sp³-hybridized carbons (Fsp3) is 0. The predicted octanol–water partition coefficient (Wildman–Crippen LogP) is 8.17. The summed E-state index contributed by atoms with van der Waals surface area (Å²) < 4.78 is 6.68. The van der Waals surface area contributed by atoms with Gasteiger partial charge in [0, 0.05) is 27.7 Å². The van der Waals surface area contributed by atoms with Crippen molar-refractivity contribution in [1.29, 1.82) is 0 Å². The number of hydrogen-bond donors (Lipinski definition) is 0. The number of para-hydroxylation sites is 5. The van der Waals surface area contributed by atoms with E-state index >= 15 is 0 Å². The molecule has 0 unspecified atom stereocenters. The number of hydrogen-bond acceptors (Lipinski definition) is 3. The van der Waals surface area contributed by atoms with E-state index < -0.39 is 0 Å². The number of rotatable bonds is 4. The fourth-order valence-electron chi connectivity index (χ4n) is 9.58. The lowest BCUT2D eigenvalue weighted by molar-refractivity contribution is 0.670. The highest BCUT2D eigenvalue weighted by Gasteiger charge is 2.48. The van der Waals surface area contributed by atoms with Crippen molar-refractivity contribution in [1.82, 2.24) is 0 Å². The highest BCUT2D eigenvalue weighted by atomic mass is 16.3. The van der Waals surface area contributed by atoms with Crippen LogP contribution < -0.4 is 42.6 Å². The van der Waals surface area contributed by atoms with Crippen molar-refractivity contribution < 1.29 is 4.42 Å². The van der Waals surface area contributed by atoms with Gasteiger partial charge in [0.05, 0.1) is 22.7 Å². The first kappa shape index (κ1) is 28.9. The van der Waals surface area contributed by atoms with E-state index in [1.165, 1.54) is 61.2 Å². The Kier molecular flexibility index (Phi) is 5.95. The van der Waals surface area contributed by atoms with E-state index in [1.807, 2.05) is 6.07 Å². The maximum Gasteiger partial charge on any atom is 0.246 e. The molecule has 0 bridgehead atoms. The van der Waals surface area contributed by atoms with Crippen LogP contribution in [0.5, 0.6) is 0 Å². The molecule has 3 nitrogen and oxygen atoms in total. The van der Waals surface area contributed by atoms with Gasteiger partial charge >= 0.3 is 0 Å². The zero-order chi connectivity index (χ0) is 34.6. The standard InChI is InChI=1S/C48H30B2N2O/c1-4-15-32(16-5-1)49-38-24-13-25-39-45(38)52-46-40(49)26-14-27-42(46)51(34-19-8-3-9-20-34)43-30-31(29-41(47(43)52)50(39)33-17-6-2-7-18-33)35-22-12-23-37-36-21-10-11-28-44(36)53-48(35)37/h1-30H. The van der Waals surface area contributed by atoms with Crippen molar-refractivity contribution in [2.45, 2.75) is 0 Å². The lowest BCUT2D eigenvalue weighted by atomic mass is 9.30. The van der Waals surface area contributed by atoms with Gasteiger partial charge in [0.15, 0.2) is 0 Å². The molecular formula is C48H30B2N2O. The number of furan rings is 1. The van der Waals surface area contributed by atoms with Crippen molar-refractivity contribution in [3.63, 3.8) is 0 Å². The van der Waals surface area contributed by atoms with Gasteiger partial charge in [0.1, 0.15) is 11.2 Å². The molecule has 0 radical (unpaired) electrons. The van der Waals surface area contributed by atoms with Crippen LogP contribution in [0.2, 0.25) is 0 Å². The molecule has 0 atom stereocenters. The van der Waals surface area contributed by atoms with E-state index in [1.54, 1.807) is 0 Å². The Bertz CT molecular complexity index is 2800. The van der Waals surface area contributed by atoms with Gasteiger partial charge in [-0.05, 0) is 57.7 Å². The van der Waals surface area contributed by atoms with Crippen LogP contribution in [0.1, 0.15) is 0 Å². The van der Waals surface area contributed by atoms with Crippen molar-refractivity contribution in [3.05, 3.63) is 182 Å². The van der Waals surface area contributed by atoms with Gasteiger partial charge in [-0.2, -0.15) is 0 Å². The van der Waals surface area contributed by atoms with Crippen molar-refractivity contribution in [3.8, 4) is 11.1 Å². The zero-order valence-corrected chi connectivity index (χ0v) is 28.8. The summed E-state index contributed by atoms with van der Waals surface area (Å²) in [6.45, 7) is 0.117. The highest BCUT2D eigenvalue weighted by molar-refractivity contribution is 7.02. The summed E-state index contributed by atoms with van der Waals surface area (Å²) in [5.74, 6) is 0. The van der Waals surface area contributed by atoms with Crippen molar-refractivity contribution in [2.24, 2.45) is 0 Å². The normalized spacial score (nSPS) is 13.5. The molecule has 244 valence electrons. The maximum absolute atomic E-state index is 6.68. The molecule has 5 heteroatoms. The number of anilines is 6. The second kappa shape index (κ2) is 10.9. The van der Waals surface area contributed by atoms with Crippen LogP contribution in [0.4, 0.5) is 34.1 Å². The first-order chi connectivity index (χ1) is 26.3. The minimum atomic E-state index is 0.0202. The molecule has 0 aliphatic carbocycles. The van der Waals surface area contributed by atoms with E-state index in [9.17, 15) is 0 Å². The molecule has 12 rings (SSSR count). The maximum atomic E-state index is 6.68. The average molecular weight is 672 g/mol. The fourth-order valence-corrected chi connectivity index (χ4v) is 9.58. The lowest BCUT2D eigenvalue weighted by Crippen LogP contribution is -2.65. The van der Waals surface area contributed by atoms with E-state index in [-0.39, 0.29) is 13.4 Å². The van der Waals surface area contributed by atoms with Gasteiger partial charge in [-0.1, -0.05) is 163 Å². The zero-order valence-electron chi connectivity index (χ0n) is 28.8. The summed E-state index contributed by atoms with van der Waals surface area (Å²) in [6.07, 6.45) is 0. The molecule has 1 aromatic heterocycles. The van der Waals surface area contributed by atoms with Gasteiger partial charge in [0.25, 0.3) is 0 Å². The molecule has 0 spiro atoms. The first-order valence-electron chi connectivity index (χ1n) is 18.4. The summed E-state index contributed by atoms with van der Waals surface area (Å²) in [5.41, 5.74) is 19.3. The van der Waals surface area contributed by atoms with Crippen molar-refractivity contribution in [2.75, 3.05) is 9.80 Å². The van der Waals surface area contributed by atoms with Gasteiger partial charge < -0.3 is 14.2 Å². The third kappa shape index (κ3) is 3.97. The summed E-state index contributed by atoms with van der Waals surface area (Å²) in [6, 6.07) is 66.7. The second-order valence-corrected chi connectivity index (χ2v) is 14.4. The molecule has 0 fully saturated rings.